The first-order chi connectivity index (χ1) is 11.4. The number of carbonyl (C=O) groups is 1. The number of benzene rings is 1. The normalized spacial score (nSPS) is 10.2. The van der Waals surface area contributed by atoms with Crippen LogP contribution >= 0.6 is 23.4 Å². The van der Waals surface area contributed by atoms with E-state index in [4.69, 9.17) is 22.6 Å². The molecule has 0 saturated carbocycles. The third-order valence-corrected chi connectivity index (χ3v) is 4.32. The maximum absolute atomic E-state index is 13.8. The van der Waals surface area contributed by atoms with E-state index in [1.807, 2.05) is 6.07 Å². The van der Waals surface area contributed by atoms with Gasteiger partial charge in [-0.3, -0.25) is 4.79 Å². The predicted molar refractivity (Wildman–Crippen MR) is 89.8 cm³/mol. The average molecular weight is 366 g/mol. The first kappa shape index (κ1) is 18.0. The molecule has 0 aliphatic rings. The maximum atomic E-state index is 13.8. The van der Waals surface area contributed by atoms with Crippen molar-refractivity contribution in [3.63, 3.8) is 0 Å². The van der Waals surface area contributed by atoms with E-state index in [9.17, 15) is 9.18 Å². The Morgan fingerprint density at radius 2 is 2.29 bits per heavy atom. The van der Waals surface area contributed by atoms with Crippen LogP contribution in [0.15, 0.2) is 29.6 Å². The van der Waals surface area contributed by atoms with Gasteiger partial charge in [0.1, 0.15) is 23.3 Å². The van der Waals surface area contributed by atoms with Crippen LogP contribution in [0.3, 0.4) is 0 Å². The molecule has 1 aromatic carbocycles. The Bertz CT molecular complexity index is 791. The molecule has 0 bridgehead atoms. The van der Waals surface area contributed by atoms with Gasteiger partial charge in [0.25, 0.3) is 0 Å². The minimum Gasteiger partial charge on any atom is -0.382 e. The van der Waals surface area contributed by atoms with E-state index in [1.165, 1.54) is 23.2 Å². The number of nitrogen functional groups attached to an aromatic ring is 1. The summed E-state index contributed by atoms with van der Waals surface area (Å²) in [6.45, 7) is 0.0568. The zero-order chi connectivity index (χ0) is 17.7. The van der Waals surface area contributed by atoms with Crippen LogP contribution in [0.4, 0.5) is 10.2 Å². The Hall–Kier alpha value is -2.37. The van der Waals surface area contributed by atoms with Gasteiger partial charge in [-0.1, -0.05) is 29.4 Å². The van der Waals surface area contributed by atoms with Gasteiger partial charge in [-0.25, -0.2) is 14.4 Å². The second-order valence-corrected chi connectivity index (χ2v) is 6.15. The first-order valence-corrected chi connectivity index (χ1v) is 8.11. The lowest BCUT2D eigenvalue weighted by atomic mass is 10.2. The number of nitriles is 1. The van der Waals surface area contributed by atoms with Gasteiger partial charge >= 0.3 is 0 Å². The fourth-order valence-corrected chi connectivity index (χ4v) is 2.76. The topological polar surface area (TPSA) is 95.9 Å². The lowest BCUT2D eigenvalue weighted by molar-refractivity contribution is -0.127. The number of aromatic nitrogens is 2. The number of amides is 1. The molecule has 2 rings (SSSR count). The molecule has 1 aromatic heterocycles. The number of anilines is 1. The molecule has 1 amide bonds. The summed E-state index contributed by atoms with van der Waals surface area (Å²) in [6.07, 6.45) is 1.30. The van der Waals surface area contributed by atoms with Gasteiger partial charge in [0.05, 0.1) is 11.9 Å². The number of thioether (sulfide) groups is 1. The third kappa shape index (κ3) is 4.34. The molecule has 0 atom stereocenters. The van der Waals surface area contributed by atoms with Gasteiger partial charge in [0.15, 0.2) is 5.16 Å². The summed E-state index contributed by atoms with van der Waals surface area (Å²) in [6, 6.07) is 6.23. The van der Waals surface area contributed by atoms with Crippen molar-refractivity contribution in [2.45, 2.75) is 11.7 Å². The van der Waals surface area contributed by atoms with E-state index in [2.05, 4.69) is 9.97 Å². The van der Waals surface area contributed by atoms with E-state index in [1.54, 1.807) is 13.1 Å². The molecule has 0 fully saturated rings. The number of nitrogens with two attached hydrogens (primary N) is 1. The molecule has 6 nitrogen and oxygen atoms in total. The van der Waals surface area contributed by atoms with Crippen LogP contribution in [0.1, 0.15) is 11.1 Å². The van der Waals surface area contributed by atoms with Crippen molar-refractivity contribution in [1.82, 2.24) is 14.9 Å². The molecule has 0 unspecified atom stereocenters. The van der Waals surface area contributed by atoms with Gasteiger partial charge in [-0.15, -0.1) is 0 Å². The summed E-state index contributed by atoms with van der Waals surface area (Å²) in [5, 5.41) is 9.32. The van der Waals surface area contributed by atoms with Crippen molar-refractivity contribution in [3.8, 4) is 6.07 Å². The fourth-order valence-electron chi connectivity index (χ4n) is 1.78. The summed E-state index contributed by atoms with van der Waals surface area (Å²) < 4.78 is 13.8. The molecule has 0 saturated heterocycles. The van der Waals surface area contributed by atoms with E-state index in [0.717, 1.165) is 11.8 Å². The van der Waals surface area contributed by atoms with Crippen LogP contribution in [-0.4, -0.2) is 33.6 Å². The lowest BCUT2D eigenvalue weighted by Gasteiger charge is -2.18. The predicted octanol–water partition coefficient (Wildman–Crippen LogP) is 2.47. The number of hydrogen-bond donors (Lipinski definition) is 1. The molecular formula is C15H13ClFN5OS. The van der Waals surface area contributed by atoms with Gasteiger partial charge < -0.3 is 10.6 Å². The molecule has 2 aromatic rings. The quantitative estimate of drug-likeness (QED) is 0.646. The number of carbonyl (C=O) groups excluding carboxylic acids is 1. The highest BCUT2D eigenvalue weighted by molar-refractivity contribution is 7.99. The van der Waals surface area contributed by atoms with Crippen LogP contribution in [0, 0.1) is 17.1 Å². The summed E-state index contributed by atoms with van der Waals surface area (Å²) in [4.78, 5) is 21.4. The Morgan fingerprint density at radius 3 is 2.92 bits per heavy atom. The number of rotatable bonds is 5. The highest BCUT2D eigenvalue weighted by Gasteiger charge is 2.15. The van der Waals surface area contributed by atoms with Crippen molar-refractivity contribution in [1.29, 1.82) is 5.26 Å². The van der Waals surface area contributed by atoms with Crippen molar-refractivity contribution >= 4 is 35.1 Å². The third-order valence-electron chi connectivity index (χ3n) is 3.12. The van der Waals surface area contributed by atoms with Gasteiger partial charge in [0, 0.05) is 24.2 Å². The zero-order valence-corrected chi connectivity index (χ0v) is 14.2. The smallest absolute Gasteiger partial charge is 0.233 e. The molecule has 0 spiro atoms. The molecular weight excluding hydrogens is 353 g/mol. The molecule has 2 N–H and O–H groups in total. The Kier molecular flexibility index (Phi) is 5.95. The second kappa shape index (κ2) is 7.95. The van der Waals surface area contributed by atoms with Gasteiger partial charge in [0.2, 0.25) is 5.91 Å². The molecule has 0 aliphatic heterocycles. The van der Waals surface area contributed by atoms with Crippen LogP contribution in [-0.2, 0) is 11.3 Å². The number of hydrogen-bond acceptors (Lipinski definition) is 6. The van der Waals surface area contributed by atoms with Crippen LogP contribution in [0.5, 0.6) is 0 Å². The van der Waals surface area contributed by atoms with Crippen LogP contribution < -0.4 is 5.73 Å². The number of halogens is 2. The summed E-state index contributed by atoms with van der Waals surface area (Å²) in [7, 11) is 1.56. The molecule has 0 radical (unpaired) electrons. The van der Waals surface area contributed by atoms with Crippen molar-refractivity contribution in [2.75, 3.05) is 18.5 Å². The largest absolute Gasteiger partial charge is 0.382 e. The highest BCUT2D eigenvalue weighted by atomic mass is 35.5. The average Bonchev–Trinajstić information content (AvgIpc) is 2.56. The summed E-state index contributed by atoms with van der Waals surface area (Å²) >= 11 is 7.03. The highest BCUT2D eigenvalue weighted by Crippen LogP contribution is 2.21. The molecule has 0 aliphatic carbocycles. The standard InChI is InChI=1S/C15H13ClFN5OS/c1-22(7-10-11(16)3-2-4-12(10)17)13(23)8-24-15-20-6-9(5-18)14(19)21-15/h2-4,6H,7-8H2,1H3,(H2,19,20,21). The van der Waals surface area contributed by atoms with E-state index >= 15 is 0 Å². The van der Waals surface area contributed by atoms with Gasteiger partial charge in [-0.05, 0) is 12.1 Å². The summed E-state index contributed by atoms with van der Waals surface area (Å²) in [5.41, 5.74) is 6.04. The van der Waals surface area contributed by atoms with E-state index in [0.29, 0.717) is 0 Å². The SMILES string of the molecule is CN(Cc1c(F)cccc1Cl)C(=O)CSc1ncc(C#N)c(N)n1. The van der Waals surface area contributed by atoms with Gasteiger partial charge in [-0.2, -0.15) is 5.26 Å². The Labute approximate surface area is 147 Å². The monoisotopic (exact) mass is 365 g/mol. The van der Waals surface area contributed by atoms with Crippen LogP contribution in [0.2, 0.25) is 5.02 Å². The molecule has 9 heteroatoms. The second-order valence-electron chi connectivity index (χ2n) is 4.80. The van der Waals surface area contributed by atoms with Crippen LogP contribution in [0.25, 0.3) is 0 Å². The molecule has 1 heterocycles. The maximum Gasteiger partial charge on any atom is 0.233 e. The van der Waals surface area contributed by atoms with Crippen molar-refractivity contribution in [2.24, 2.45) is 0 Å². The lowest BCUT2D eigenvalue weighted by Crippen LogP contribution is -2.28. The Balaban J connectivity index is 1.97. The summed E-state index contributed by atoms with van der Waals surface area (Å²) in [5.74, 6) is -0.591. The molecule has 24 heavy (non-hydrogen) atoms. The zero-order valence-electron chi connectivity index (χ0n) is 12.7. The Morgan fingerprint density at radius 1 is 1.54 bits per heavy atom. The molecule has 124 valence electrons. The van der Waals surface area contributed by atoms with E-state index < -0.39 is 5.82 Å². The first-order valence-electron chi connectivity index (χ1n) is 6.74. The fraction of sp³-hybridized carbons (Fsp3) is 0.200. The van der Waals surface area contributed by atoms with Crippen molar-refractivity contribution in [3.05, 3.63) is 46.4 Å². The van der Waals surface area contributed by atoms with E-state index in [-0.39, 0.29) is 45.3 Å². The number of nitrogens with zero attached hydrogens (tertiary/aromatic N) is 4. The minimum atomic E-state index is -0.460. The van der Waals surface area contributed by atoms with Crippen molar-refractivity contribution < 1.29 is 9.18 Å². The minimum absolute atomic E-state index is 0.0495.